The van der Waals surface area contributed by atoms with Crippen LogP contribution in [0.1, 0.15) is 0 Å². The highest BCUT2D eigenvalue weighted by molar-refractivity contribution is 6.08. The summed E-state index contributed by atoms with van der Waals surface area (Å²) in [6, 6.07) is 0. The molecule has 1 unspecified atom stereocenters. The highest BCUT2D eigenvalue weighted by atomic mass is 16.6. The van der Waals surface area contributed by atoms with Crippen LogP contribution in [0.3, 0.4) is 0 Å². The summed E-state index contributed by atoms with van der Waals surface area (Å²) in [6.07, 6.45) is 1.41. The van der Waals surface area contributed by atoms with Gasteiger partial charge in [-0.2, -0.15) is 0 Å². The van der Waals surface area contributed by atoms with E-state index >= 15 is 0 Å². The summed E-state index contributed by atoms with van der Waals surface area (Å²) < 4.78 is 9.41. The molecule has 5 nitrogen and oxygen atoms in total. The van der Waals surface area contributed by atoms with Gasteiger partial charge in [0.1, 0.15) is 6.61 Å². The van der Waals surface area contributed by atoms with Gasteiger partial charge in [-0.25, -0.2) is 9.59 Å². The molecule has 0 aromatic carbocycles. The fourth-order valence-electron chi connectivity index (χ4n) is 1.06. The van der Waals surface area contributed by atoms with Crippen LogP contribution in [0.25, 0.3) is 0 Å². The molecular formula is C9H11NO4. The molecule has 1 aliphatic heterocycles. The first-order chi connectivity index (χ1) is 6.58. The Bertz CT molecular complexity index is 310. The Morgan fingerprint density at radius 1 is 1.71 bits per heavy atom. The Morgan fingerprint density at radius 3 is 2.71 bits per heavy atom. The molecule has 0 aliphatic carbocycles. The van der Waals surface area contributed by atoms with Crippen LogP contribution < -0.4 is 5.73 Å². The van der Waals surface area contributed by atoms with Gasteiger partial charge < -0.3 is 15.2 Å². The number of carbonyl (C=O) groups excluding carboxylic acids is 2. The maximum atomic E-state index is 11.4. The van der Waals surface area contributed by atoms with Crippen molar-refractivity contribution in [1.29, 1.82) is 0 Å². The van der Waals surface area contributed by atoms with E-state index in [-0.39, 0.29) is 18.7 Å². The van der Waals surface area contributed by atoms with Crippen LogP contribution in [0.15, 0.2) is 24.8 Å². The van der Waals surface area contributed by atoms with Crippen LogP contribution in [-0.2, 0) is 19.1 Å². The highest BCUT2D eigenvalue weighted by Gasteiger charge is 2.57. The largest absolute Gasteiger partial charge is 0.458 e. The third kappa shape index (κ3) is 1.31. The second kappa shape index (κ2) is 3.63. The average Bonchev–Trinajstić information content (AvgIpc) is 2.21. The summed E-state index contributed by atoms with van der Waals surface area (Å²) in [5, 5.41) is 0. The first-order valence-corrected chi connectivity index (χ1v) is 3.99. The van der Waals surface area contributed by atoms with Gasteiger partial charge in [0.25, 0.3) is 5.60 Å². The van der Waals surface area contributed by atoms with Gasteiger partial charge in [-0.05, 0) is 0 Å². The predicted octanol–water partition coefficient (Wildman–Crippen LogP) is -0.474. The summed E-state index contributed by atoms with van der Waals surface area (Å²) in [6.45, 7) is 6.68. The molecular weight excluding hydrogens is 186 g/mol. The number of carbonyl (C=O) groups is 2. The van der Waals surface area contributed by atoms with Gasteiger partial charge >= 0.3 is 11.9 Å². The number of cyclic esters (lactones) is 1. The van der Waals surface area contributed by atoms with Crippen molar-refractivity contribution < 1.29 is 19.1 Å². The second-order valence-electron chi connectivity index (χ2n) is 2.79. The fraction of sp³-hybridized carbons (Fsp3) is 0.333. The third-order valence-corrected chi connectivity index (χ3v) is 1.95. The summed E-state index contributed by atoms with van der Waals surface area (Å²) in [7, 11) is 0. The zero-order valence-electron chi connectivity index (χ0n) is 7.62. The van der Waals surface area contributed by atoms with Crippen LogP contribution >= 0.6 is 0 Å². The van der Waals surface area contributed by atoms with E-state index in [0.29, 0.717) is 0 Å². The molecule has 0 radical (unpaired) electrons. The van der Waals surface area contributed by atoms with Crippen molar-refractivity contribution in [3.8, 4) is 0 Å². The lowest BCUT2D eigenvalue weighted by atomic mass is 9.89. The maximum Gasteiger partial charge on any atom is 0.357 e. The molecule has 14 heavy (non-hydrogen) atoms. The van der Waals surface area contributed by atoms with E-state index in [1.807, 2.05) is 0 Å². The molecule has 0 spiro atoms. The molecule has 0 amide bonds. The van der Waals surface area contributed by atoms with Crippen molar-refractivity contribution in [2.24, 2.45) is 5.73 Å². The van der Waals surface area contributed by atoms with Crippen molar-refractivity contribution in [1.82, 2.24) is 0 Å². The predicted molar refractivity (Wildman–Crippen MR) is 48.2 cm³/mol. The topological polar surface area (TPSA) is 78.6 Å². The molecule has 76 valence electrons. The smallest absolute Gasteiger partial charge is 0.357 e. The van der Waals surface area contributed by atoms with Gasteiger partial charge in [0, 0.05) is 6.54 Å². The first-order valence-electron chi connectivity index (χ1n) is 3.99. The lowest BCUT2D eigenvalue weighted by molar-refractivity contribution is -0.189. The van der Waals surface area contributed by atoms with Crippen molar-refractivity contribution in [2.75, 3.05) is 13.2 Å². The lowest BCUT2D eigenvalue weighted by Gasteiger charge is -2.38. The van der Waals surface area contributed by atoms with E-state index in [2.05, 4.69) is 17.9 Å². The van der Waals surface area contributed by atoms with E-state index < -0.39 is 17.5 Å². The third-order valence-electron chi connectivity index (χ3n) is 1.95. The Labute approximate surface area is 81.2 Å². The summed E-state index contributed by atoms with van der Waals surface area (Å²) in [5.41, 5.74) is 3.89. The van der Waals surface area contributed by atoms with Gasteiger partial charge in [0.05, 0.1) is 5.57 Å². The van der Waals surface area contributed by atoms with Gasteiger partial charge in [0.15, 0.2) is 0 Å². The molecule has 0 aromatic heterocycles. The Hall–Kier alpha value is -1.62. The molecule has 2 N–H and O–H groups in total. The Balaban J connectivity index is 2.72. The SMILES string of the molecule is C=CCOC(=O)C1(CN)OC(=O)C1=C. The van der Waals surface area contributed by atoms with Crippen LogP contribution in [0, 0.1) is 0 Å². The molecule has 0 saturated carbocycles. The van der Waals surface area contributed by atoms with Crippen LogP contribution in [0.2, 0.25) is 0 Å². The quantitative estimate of drug-likeness (QED) is 0.374. The zero-order chi connectivity index (χ0) is 10.8. The first kappa shape index (κ1) is 10.5. The normalized spacial score (nSPS) is 24.9. The number of hydrogen-bond donors (Lipinski definition) is 1. The molecule has 0 bridgehead atoms. The number of hydrogen-bond acceptors (Lipinski definition) is 5. The molecule has 1 saturated heterocycles. The van der Waals surface area contributed by atoms with Crippen LogP contribution in [0.4, 0.5) is 0 Å². The van der Waals surface area contributed by atoms with Gasteiger partial charge in [-0.3, -0.25) is 0 Å². The standard InChI is InChI=1S/C9H11NO4/c1-3-4-13-8(12)9(5-10)6(2)7(11)14-9/h3H,1-2,4-5,10H2. The van der Waals surface area contributed by atoms with Gasteiger partial charge in [0.2, 0.25) is 0 Å². The van der Waals surface area contributed by atoms with Crippen molar-refractivity contribution in [2.45, 2.75) is 5.60 Å². The van der Waals surface area contributed by atoms with Crippen molar-refractivity contribution in [3.05, 3.63) is 24.8 Å². The van der Waals surface area contributed by atoms with Crippen LogP contribution in [0.5, 0.6) is 0 Å². The minimum atomic E-state index is -1.47. The van der Waals surface area contributed by atoms with E-state index in [9.17, 15) is 9.59 Å². The number of ether oxygens (including phenoxy) is 2. The maximum absolute atomic E-state index is 11.4. The number of rotatable bonds is 4. The van der Waals surface area contributed by atoms with Crippen LogP contribution in [-0.4, -0.2) is 30.7 Å². The zero-order valence-corrected chi connectivity index (χ0v) is 7.62. The van der Waals surface area contributed by atoms with E-state index in [0.717, 1.165) is 0 Å². The Morgan fingerprint density at radius 2 is 2.36 bits per heavy atom. The van der Waals surface area contributed by atoms with Gasteiger partial charge in [-0.1, -0.05) is 19.2 Å². The minimum Gasteiger partial charge on any atom is -0.458 e. The second-order valence-corrected chi connectivity index (χ2v) is 2.79. The molecule has 1 heterocycles. The Kier molecular flexibility index (Phi) is 2.71. The van der Waals surface area contributed by atoms with E-state index in [1.165, 1.54) is 6.08 Å². The number of esters is 2. The minimum absolute atomic E-state index is 0.0362. The molecule has 1 fully saturated rings. The molecule has 1 aliphatic rings. The summed E-state index contributed by atoms with van der Waals surface area (Å²) >= 11 is 0. The van der Waals surface area contributed by atoms with Gasteiger partial charge in [-0.15, -0.1) is 0 Å². The molecule has 0 aromatic rings. The van der Waals surface area contributed by atoms with E-state index in [1.54, 1.807) is 0 Å². The monoisotopic (exact) mass is 197 g/mol. The fourth-order valence-corrected chi connectivity index (χ4v) is 1.06. The molecule has 1 atom stereocenters. The summed E-state index contributed by atoms with van der Waals surface area (Å²) in [5.74, 6) is -1.32. The average molecular weight is 197 g/mol. The van der Waals surface area contributed by atoms with E-state index in [4.69, 9.17) is 10.5 Å². The molecule has 5 heteroatoms. The van der Waals surface area contributed by atoms with Crippen molar-refractivity contribution in [3.63, 3.8) is 0 Å². The lowest BCUT2D eigenvalue weighted by Crippen LogP contribution is -2.61. The number of nitrogens with two attached hydrogens (primary N) is 1. The summed E-state index contributed by atoms with van der Waals surface area (Å²) in [4.78, 5) is 22.2. The van der Waals surface area contributed by atoms with Crippen molar-refractivity contribution >= 4 is 11.9 Å². The highest BCUT2D eigenvalue weighted by Crippen LogP contribution is 2.32. The molecule has 1 rings (SSSR count).